The van der Waals surface area contributed by atoms with Gasteiger partial charge in [-0.2, -0.15) is 4.39 Å². The van der Waals surface area contributed by atoms with Crippen LogP contribution in [0.4, 0.5) is 9.52 Å². The number of pyridine rings is 2. The summed E-state index contributed by atoms with van der Waals surface area (Å²) in [5.41, 5.74) is 3.96. The highest BCUT2D eigenvalue weighted by atomic mass is 32.1. The number of anilines is 1. The maximum atomic E-state index is 13.3. The molecule has 32 heavy (non-hydrogen) atoms. The fraction of sp³-hybridized carbons (Fsp3) is 0.167. The Hall–Kier alpha value is -3.65. The second kappa shape index (κ2) is 9.65. The average Bonchev–Trinajstić information content (AvgIpc) is 3.42. The summed E-state index contributed by atoms with van der Waals surface area (Å²) in [4.78, 5) is 25.2. The van der Waals surface area contributed by atoms with Crippen LogP contribution in [-0.4, -0.2) is 25.4 Å². The number of carbonyl (C=O) groups excluding carboxylic acids is 1. The number of carbonyl (C=O) groups is 1. The van der Waals surface area contributed by atoms with E-state index < -0.39 is 5.95 Å². The lowest BCUT2D eigenvalue weighted by molar-refractivity contribution is 0.101. The number of hydrogen-bond acceptors (Lipinski definition) is 5. The summed E-state index contributed by atoms with van der Waals surface area (Å²) >= 11 is 1.35. The van der Waals surface area contributed by atoms with Crippen LogP contribution < -0.4 is 5.32 Å². The third-order valence-corrected chi connectivity index (χ3v) is 5.63. The number of hydrogen-bond donors (Lipinski definition) is 1. The van der Waals surface area contributed by atoms with Gasteiger partial charge in [-0.3, -0.25) is 15.1 Å². The minimum absolute atomic E-state index is 0.277. The van der Waals surface area contributed by atoms with Crippen molar-refractivity contribution in [3.05, 3.63) is 94.5 Å². The van der Waals surface area contributed by atoms with Gasteiger partial charge in [0.2, 0.25) is 5.95 Å². The van der Waals surface area contributed by atoms with Crippen LogP contribution in [0.5, 0.6) is 0 Å². The van der Waals surface area contributed by atoms with E-state index >= 15 is 0 Å². The van der Waals surface area contributed by atoms with Gasteiger partial charge in [0.15, 0.2) is 5.13 Å². The number of thiazole rings is 1. The van der Waals surface area contributed by atoms with Crippen LogP contribution in [-0.2, 0) is 6.54 Å². The molecule has 4 aromatic heterocycles. The summed E-state index contributed by atoms with van der Waals surface area (Å²) in [5.74, 6) is -0.382. The lowest BCUT2D eigenvalue weighted by Gasteiger charge is -2.09. The number of halogens is 1. The zero-order chi connectivity index (χ0) is 22.5. The Morgan fingerprint density at radius 2 is 2.03 bits per heavy atom. The molecule has 0 aliphatic carbocycles. The van der Waals surface area contributed by atoms with Crippen molar-refractivity contribution in [3.8, 4) is 0 Å². The zero-order valence-electron chi connectivity index (χ0n) is 17.7. The first kappa shape index (κ1) is 21.6. The Bertz CT molecular complexity index is 1240. The molecule has 4 rings (SSSR count). The van der Waals surface area contributed by atoms with E-state index in [2.05, 4.69) is 40.2 Å². The maximum absolute atomic E-state index is 13.3. The van der Waals surface area contributed by atoms with E-state index in [1.807, 2.05) is 29.8 Å². The average molecular weight is 448 g/mol. The molecule has 0 aliphatic rings. The van der Waals surface area contributed by atoms with Gasteiger partial charge in [0.25, 0.3) is 5.91 Å². The van der Waals surface area contributed by atoms with E-state index in [0.29, 0.717) is 23.3 Å². The van der Waals surface area contributed by atoms with Crippen LogP contribution in [0.2, 0.25) is 0 Å². The molecular formula is C24H22FN5OS. The van der Waals surface area contributed by atoms with Crippen LogP contribution in [0.15, 0.2) is 60.4 Å². The molecular weight excluding hydrogens is 425 g/mol. The lowest BCUT2D eigenvalue weighted by atomic mass is 10.1. The molecule has 0 spiro atoms. The molecule has 0 radical (unpaired) electrons. The highest BCUT2D eigenvalue weighted by Crippen LogP contribution is 2.19. The number of amides is 1. The summed E-state index contributed by atoms with van der Waals surface area (Å²) in [6.45, 7) is 4.63. The lowest BCUT2D eigenvalue weighted by Crippen LogP contribution is -2.17. The van der Waals surface area contributed by atoms with Crippen LogP contribution in [0.3, 0.4) is 0 Å². The van der Waals surface area contributed by atoms with E-state index in [4.69, 9.17) is 0 Å². The highest BCUT2D eigenvalue weighted by Gasteiger charge is 2.13. The zero-order valence-corrected chi connectivity index (χ0v) is 18.5. The first-order chi connectivity index (χ1) is 15.5. The smallest absolute Gasteiger partial charge is 0.274 e. The Kier molecular flexibility index (Phi) is 6.51. The van der Waals surface area contributed by atoms with Crippen molar-refractivity contribution in [2.24, 2.45) is 0 Å². The molecule has 4 heterocycles. The number of aromatic nitrogens is 4. The third-order valence-electron chi connectivity index (χ3n) is 4.85. The van der Waals surface area contributed by atoms with Crippen LogP contribution in [0.1, 0.15) is 52.8 Å². The van der Waals surface area contributed by atoms with Gasteiger partial charge >= 0.3 is 0 Å². The number of nitrogens with zero attached hydrogens (tertiary/aromatic N) is 4. The van der Waals surface area contributed by atoms with E-state index in [9.17, 15) is 9.18 Å². The molecule has 1 N–H and O–H groups in total. The summed E-state index contributed by atoms with van der Waals surface area (Å²) in [7, 11) is 0. The third kappa shape index (κ3) is 5.33. The molecule has 0 saturated heterocycles. The molecule has 0 bridgehead atoms. The van der Waals surface area contributed by atoms with Gasteiger partial charge < -0.3 is 4.57 Å². The monoisotopic (exact) mass is 447 g/mol. The first-order valence-corrected chi connectivity index (χ1v) is 11.0. The van der Waals surface area contributed by atoms with Crippen molar-refractivity contribution >= 4 is 34.5 Å². The van der Waals surface area contributed by atoms with Gasteiger partial charge in [0, 0.05) is 30.5 Å². The van der Waals surface area contributed by atoms with Crippen LogP contribution >= 0.6 is 11.3 Å². The number of nitrogens with one attached hydrogen (secondary N) is 1. The van der Waals surface area contributed by atoms with Gasteiger partial charge in [0.1, 0.15) is 5.69 Å². The van der Waals surface area contributed by atoms with E-state index in [1.54, 1.807) is 29.0 Å². The van der Waals surface area contributed by atoms with E-state index in [-0.39, 0.29) is 5.91 Å². The highest BCUT2D eigenvalue weighted by molar-refractivity contribution is 7.14. The summed E-state index contributed by atoms with van der Waals surface area (Å²) in [5, 5.41) is 5.20. The molecule has 1 amide bonds. The molecule has 0 saturated carbocycles. The SMILES string of the molecule is CC(C)c1ccc(C=Cc2csc(NC(=O)c3cccn3Cc3ccnc(F)c3)n2)nc1. The number of rotatable bonds is 7. The Morgan fingerprint density at radius 3 is 2.78 bits per heavy atom. The summed E-state index contributed by atoms with van der Waals surface area (Å²) in [6, 6.07) is 10.6. The van der Waals surface area contributed by atoms with Crippen molar-refractivity contribution in [1.29, 1.82) is 0 Å². The fourth-order valence-electron chi connectivity index (χ4n) is 3.10. The van der Waals surface area contributed by atoms with Gasteiger partial charge in [0.05, 0.1) is 11.4 Å². The van der Waals surface area contributed by atoms with Gasteiger partial charge in [-0.15, -0.1) is 11.3 Å². The Labute approximate surface area is 189 Å². The van der Waals surface area contributed by atoms with Crippen LogP contribution in [0.25, 0.3) is 12.2 Å². The van der Waals surface area contributed by atoms with E-state index in [1.165, 1.54) is 29.2 Å². The molecule has 0 atom stereocenters. The van der Waals surface area contributed by atoms with Crippen molar-refractivity contribution < 1.29 is 9.18 Å². The molecule has 0 unspecified atom stereocenters. The molecule has 4 aromatic rings. The molecule has 0 fully saturated rings. The molecule has 0 aromatic carbocycles. The van der Waals surface area contributed by atoms with Crippen LogP contribution in [0, 0.1) is 5.95 Å². The van der Waals surface area contributed by atoms with Crippen molar-refractivity contribution in [2.75, 3.05) is 5.32 Å². The van der Waals surface area contributed by atoms with Gasteiger partial charge in [-0.25, -0.2) is 9.97 Å². The molecule has 6 nitrogen and oxygen atoms in total. The van der Waals surface area contributed by atoms with Crippen molar-refractivity contribution in [1.82, 2.24) is 19.5 Å². The van der Waals surface area contributed by atoms with Crippen molar-refractivity contribution in [3.63, 3.8) is 0 Å². The van der Waals surface area contributed by atoms with Crippen molar-refractivity contribution in [2.45, 2.75) is 26.3 Å². The Balaban J connectivity index is 1.40. The van der Waals surface area contributed by atoms with Gasteiger partial charge in [-0.05, 0) is 59.5 Å². The first-order valence-electron chi connectivity index (χ1n) is 10.1. The fourth-order valence-corrected chi connectivity index (χ4v) is 3.78. The maximum Gasteiger partial charge on any atom is 0.274 e. The normalized spacial score (nSPS) is 11.4. The minimum Gasteiger partial charge on any atom is -0.339 e. The Morgan fingerprint density at radius 1 is 1.19 bits per heavy atom. The van der Waals surface area contributed by atoms with Gasteiger partial charge in [-0.1, -0.05) is 19.9 Å². The molecule has 162 valence electrons. The molecule has 8 heteroatoms. The predicted octanol–water partition coefficient (Wildman–Crippen LogP) is 5.47. The standard InChI is InChI=1S/C24H22FN5OS/c1-16(2)18-5-6-19(27-13-18)7-8-20-15-32-24(28-20)29-23(31)21-4-3-11-30(21)14-17-9-10-26-22(25)12-17/h3-13,15-16H,14H2,1-2H3,(H,28,29,31). The summed E-state index contributed by atoms with van der Waals surface area (Å²) in [6.07, 6.45) is 8.83. The largest absolute Gasteiger partial charge is 0.339 e. The minimum atomic E-state index is -0.546. The second-order valence-electron chi connectivity index (χ2n) is 7.54. The molecule has 0 aliphatic heterocycles. The second-order valence-corrected chi connectivity index (χ2v) is 8.40. The van der Waals surface area contributed by atoms with E-state index in [0.717, 1.165) is 17.0 Å². The predicted molar refractivity (Wildman–Crippen MR) is 125 cm³/mol. The summed E-state index contributed by atoms with van der Waals surface area (Å²) < 4.78 is 15.1. The topological polar surface area (TPSA) is 72.7 Å². The quantitative estimate of drug-likeness (QED) is 0.382.